The number of nitrogens with two attached hydrogens (primary N) is 1. The summed E-state index contributed by atoms with van der Waals surface area (Å²) in [4.78, 5) is 4.46. The molecule has 2 aromatic rings. The second-order valence-electron chi connectivity index (χ2n) is 6.70. The summed E-state index contributed by atoms with van der Waals surface area (Å²) in [6.07, 6.45) is 3.64. The molecule has 0 unspecified atom stereocenters. The largest absolute Gasteiger partial charge is 0.334 e. The number of hydrogen-bond donors (Lipinski definition) is 2. The van der Waals surface area contributed by atoms with E-state index < -0.39 is 15.6 Å². The van der Waals surface area contributed by atoms with Gasteiger partial charge in [0.05, 0.1) is 21.0 Å². The van der Waals surface area contributed by atoms with Gasteiger partial charge in [0, 0.05) is 6.04 Å². The average molecular weight is 385 g/mol. The topological polar surface area (TPSA) is 111 Å². The molecule has 1 saturated carbocycles. The second-order valence-corrected chi connectivity index (χ2v) is 8.83. The third kappa shape index (κ3) is 3.72. The van der Waals surface area contributed by atoms with Crippen molar-refractivity contribution in [3.63, 3.8) is 0 Å². The highest BCUT2D eigenvalue weighted by molar-refractivity contribution is 7.89. The molecule has 1 aromatic heterocycles. The fraction of sp³-hybridized carbons (Fsp3) is 0.500. The normalized spacial score (nSPS) is 17.3. The maximum atomic E-state index is 12.4. The van der Waals surface area contributed by atoms with Gasteiger partial charge in [0.2, 0.25) is 10.0 Å². The van der Waals surface area contributed by atoms with E-state index in [-0.39, 0.29) is 16.8 Å². The third-order valence-electron chi connectivity index (χ3n) is 4.24. The van der Waals surface area contributed by atoms with Crippen LogP contribution in [0, 0.1) is 0 Å². The van der Waals surface area contributed by atoms with Crippen molar-refractivity contribution in [1.82, 2.24) is 14.9 Å². The fourth-order valence-corrected chi connectivity index (χ4v) is 4.45. The summed E-state index contributed by atoms with van der Waals surface area (Å²) < 4.78 is 32.6. The Morgan fingerprint density at radius 3 is 2.64 bits per heavy atom. The van der Waals surface area contributed by atoms with Crippen LogP contribution >= 0.6 is 11.6 Å². The fourth-order valence-electron chi connectivity index (χ4n) is 2.98. The Morgan fingerprint density at radius 2 is 2.00 bits per heavy atom. The van der Waals surface area contributed by atoms with Crippen molar-refractivity contribution >= 4 is 21.6 Å². The van der Waals surface area contributed by atoms with E-state index in [0.29, 0.717) is 16.4 Å². The molecule has 3 N–H and O–H groups in total. The van der Waals surface area contributed by atoms with Crippen LogP contribution in [0.2, 0.25) is 5.02 Å². The van der Waals surface area contributed by atoms with E-state index in [1.54, 1.807) is 13.8 Å². The minimum absolute atomic E-state index is 0.0867. The smallest absolute Gasteiger partial charge is 0.259 e. The van der Waals surface area contributed by atoms with Crippen LogP contribution in [0.4, 0.5) is 0 Å². The van der Waals surface area contributed by atoms with E-state index in [4.69, 9.17) is 21.9 Å². The molecule has 25 heavy (non-hydrogen) atoms. The molecule has 0 bridgehead atoms. The summed E-state index contributed by atoms with van der Waals surface area (Å²) in [5.41, 5.74) is 6.12. The lowest BCUT2D eigenvalue weighted by Gasteiger charge is -2.17. The number of hydrogen-bond acceptors (Lipinski definition) is 6. The lowest BCUT2D eigenvalue weighted by atomic mass is 9.99. The predicted octanol–water partition coefficient (Wildman–Crippen LogP) is 2.80. The highest BCUT2D eigenvalue weighted by atomic mass is 35.5. The molecular formula is C16H21ClN4O3S. The number of aromatic nitrogens is 2. The van der Waals surface area contributed by atoms with Crippen molar-refractivity contribution in [2.24, 2.45) is 5.73 Å². The van der Waals surface area contributed by atoms with Crippen molar-refractivity contribution in [1.29, 1.82) is 0 Å². The van der Waals surface area contributed by atoms with Gasteiger partial charge in [-0.2, -0.15) is 4.98 Å². The number of rotatable bonds is 5. The van der Waals surface area contributed by atoms with Gasteiger partial charge in [-0.05, 0) is 44.9 Å². The highest BCUT2D eigenvalue weighted by Crippen LogP contribution is 2.36. The summed E-state index contributed by atoms with van der Waals surface area (Å²) in [5.74, 6) is 0.600. The lowest BCUT2D eigenvalue weighted by Crippen LogP contribution is -2.34. The third-order valence-corrected chi connectivity index (χ3v) is 6.22. The first-order valence-corrected chi connectivity index (χ1v) is 10.0. The van der Waals surface area contributed by atoms with Crippen LogP contribution in [0.5, 0.6) is 0 Å². The van der Waals surface area contributed by atoms with Crippen LogP contribution < -0.4 is 10.5 Å². The van der Waals surface area contributed by atoms with Gasteiger partial charge in [0.25, 0.3) is 5.89 Å². The van der Waals surface area contributed by atoms with E-state index in [9.17, 15) is 8.42 Å². The zero-order valence-electron chi connectivity index (χ0n) is 14.1. The molecule has 136 valence electrons. The van der Waals surface area contributed by atoms with Gasteiger partial charge in [-0.15, -0.1) is 0 Å². The van der Waals surface area contributed by atoms with Crippen molar-refractivity contribution in [3.05, 3.63) is 29.0 Å². The summed E-state index contributed by atoms with van der Waals surface area (Å²) in [6.45, 7) is 3.50. The molecule has 0 saturated heterocycles. The van der Waals surface area contributed by atoms with E-state index in [1.165, 1.54) is 18.2 Å². The average Bonchev–Trinajstić information content (AvgIpc) is 3.16. The molecule has 1 aliphatic carbocycles. The van der Waals surface area contributed by atoms with Crippen LogP contribution in [0.1, 0.15) is 45.4 Å². The summed E-state index contributed by atoms with van der Waals surface area (Å²) in [5, 5.41) is 4.32. The molecular weight excluding hydrogens is 364 g/mol. The number of benzene rings is 1. The minimum Gasteiger partial charge on any atom is -0.334 e. The number of halogens is 1. The molecule has 3 rings (SSSR count). The van der Waals surface area contributed by atoms with Gasteiger partial charge in [0.1, 0.15) is 0 Å². The SMILES string of the molecule is CC(C)NS(=O)(=O)c1ccc(Cl)c(-c2nc(C3(N)CCCC3)no2)c1. The molecule has 1 fully saturated rings. The Bertz CT molecular complexity index is 873. The lowest BCUT2D eigenvalue weighted by molar-refractivity contribution is 0.372. The van der Waals surface area contributed by atoms with E-state index in [0.717, 1.165) is 25.7 Å². The van der Waals surface area contributed by atoms with Gasteiger partial charge < -0.3 is 10.3 Å². The van der Waals surface area contributed by atoms with E-state index in [2.05, 4.69) is 14.9 Å². The zero-order chi connectivity index (χ0) is 18.2. The Morgan fingerprint density at radius 1 is 1.32 bits per heavy atom. The molecule has 7 nitrogen and oxygen atoms in total. The first-order valence-electron chi connectivity index (χ1n) is 8.17. The van der Waals surface area contributed by atoms with E-state index >= 15 is 0 Å². The first-order chi connectivity index (χ1) is 11.7. The van der Waals surface area contributed by atoms with Gasteiger partial charge in [-0.1, -0.05) is 29.6 Å². The zero-order valence-corrected chi connectivity index (χ0v) is 15.7. The highest BCUT2D eigenvalue weighted by Gasteiger charge is 2.36. The molecule has 0 amide bonds. The molecule has 0 radical (unpaired) electrons. The molecule has 1 aromatic carbocycles. The molecule has 0 atom stereocenters. The maximum absolute atomic E-state index is 12.4. The Hall–Kier alpha value is -1.48. The molecule has 9 heteroatoms. The van der Waals surface area contributed by atoms with Crippen LogP contribution in [0.15, 0.2) is 27.6 Å². The van der Waals surface area contributed by atoms with Crippen molar-refractivity contribution in [2.45, 2.75) is 56.0 Å². The number of sulfonamides is 1. The first kappa shape index (κ1) is 18.3. The van der Waals surface area contributed by atoms with Gasteiger partial charge in [0.15, 0.2) is 5.82 Å². The monoisotopic (exact) mass is 384 g/mol. The van der Waals surface area contributed by atoms with Gasteiger partial charge in [-0.3, -0.25) is 0 Å². The number of nitrogens with one attached hydrogen (secondary N) is 1. The summed E-state index contributed by atoms with van der Waals surface area (Å²) in [6, 6.07) is 4.15. The van der Waals surface area contributed by atoms with Crippen LogP contribution in [-0.2, 0) is 15.6 Å². The number of nitrogens with zero attached hydrogens (tertiary/aromatic N) is 2. The van der Waals surface area contributed by atoms with Crippen LogP contribution in [-0.4, -0.2) is 24.6 Å². The van der Waals surface area contributed by atoms with Crippen molar-refractivity contribution in [2.75, 3.05) is 0 Å². The van der Waals surface area contributed by atoms with Gasteiger partial charge in [-0.25, -0.2) is 13.1 Å². The second kappa shape index (κ2) is 6.68. The predicted molar refractivity (Wildman–Crippen MR) is 94.5 cm³/mol. The molecule has 1 aliphatic rings. The summed E-state index contributed by atoms with van der Waals surface area (Å²) >= 11 is 6.22. The van der Waals surface area contributed by atoms with Crippen LogP contribution in [0.25, 0.3) is 11.5 Å². The van der Waals surface area contributed by atoms with Crippen molar-refractivity contribution < 1.29 is 12.9 Å². The summed E-state index contributed by atoms with van der Waals surface area (Å²) in [7, 11) is -3.65. The molecule has 1 heterocycles. The Labute approximate surface area is 152 Å². The van der Waals surface area contributed by atoms with E-state index in [1.807, 2.05) is 0 Å². The van der Waals surface area contributed by atoms with Gasteiger partial charge >= 0.3 is 0 Å². The molecule has 0 spiro atoms. The van der Waals surface area contributed by atoms with Crippen molar-refractivity contribution in [3.8, 4) is 11.5 Å². The van der Waals surface area contributed by atoms with Crippen LogP contribution in [0.3, 0.4) is 0 Å². The standard InChI is InChI=1S/C16H21ClN4O3S/c1-10(2)21-25(22,23)11-5-6-13(17)12(9-11)14-19-15(20-24-14)16(18)7-3-4-8-16/h5-6,9-10,21H,3-4,7-8,18H2,1-2H3. The Kier molecular flexibility index (Phi) is 4.89. The maximum Gasteiger partial charge on any atom is 0.259 e. The Balaban J connectivity index is 1.98. The minimum atomic E-state index is -3.65. The quantitative estimate of drug-likeness (QED) is 0.819. The molecule has 0 aliphatic heterocycles.